The van der Waals surface area contributed by atoms with Crippen LogP contribution in [-0.4, -0.2) is 15.8 Å². The molecule has 17 heavy (non-hydrogen) atoms. The fourth-order valence-electron chi connectivity index (χ4n) is 2.34. The molecule has 0 aliphatic heterocycles. The van der Waals surface area contributed by atoms with Crippen LogP contribution in [0.2, 0.25) is 0 Å². The highest BCUT2D eigenvalue weighted by Crippen LogP contribution is 2.37. The molecule has 0 saturated heterocycles. The first-order valence-electron chi connectivity index (χ1n) is 5.50. The summed E-state index contributed by atoms with van der Waals surface area (Å²) >= 11 is 0. The molecule has 96 valence electrons. The number of anilines is 1. The zero-order chi connectivity index (χ0) is 11.9. The zero-order valence-corrected chi connectivity index (χ0v) is 11.2. The topological polar surface area (TPSA) is 72.9 Å². The van der Waals surface area contributed by atoms with Crippen molar-refractivity contribution < 1.29 is 4.79 Å². The zero-order valence-electron chi connectivity index (χ0n) is 10.4. The van der Waals surface area contributed by atoms with Crippen LogP contribution in [0.3, 0.4) is 0 Å². The molecule has 1 aromatic heterocycles. The van der Waals surface area contributed by atoms with Crippen LogP contribution in [0.5, 0.6) is 0 Å². The number of hydrogen-bond acceptors (Lipinski definition) is 2. The van der Waals surface area contributed by atoms with E-state index in [0.717, 1.165) is 24.8 Å². The summed E-state index contributed by atoms with van der Waals surface area (Å²) in [5, 5.41) is 6.90. The minimum atomic E-state index is -0.552. The van der Waals surface area contributed by atoms with Crippen molar-refractivity contribution in [1.29, 1.82) is 0 Å². The molecule has 0 spiro atoms. The molecule has 0 saturated carbocycles. The molecule has 3 N–H and O–H groups in total. The molecule has 1 aromatic rings. The van der Waals surface area contributed by atoms with Gasteiger partial charge in [0, 0.05) is 18.3 Å². The number of halogens is 1. The molecule has 0 unspecified atom stereocenters. The Morgan fingerprint density at radius 1 is 1.53 bits per heavy atom. The minimum Gasteiger partial charge on any atom is -0.351 e. The van der Waals surface area contributed by atoms with E-state index in [2.05, 4.69) is 24.3 Å². The fraction of sp³-hybridized carbons (Fsp3) is 0.636. The highest BCUT2D eigenvalue weighted by Gasteiger charge is 2.30. The molecule has 0 atom stereocenters. The highest BCUT2D eigenvalue weighted by atomic mass is 35.5. The van der Waals surface area contributed by atoms with Crippen molar-refractivity contribution in [3.05, 3.63) is 11.3 Å². The van der Waals surface area contributed by atoms with Crippen molar-refractivity contribution in [1.82, 2.24) is 9.78 Å². The monoisotopic (exact) mass is 258 g/mol. The molecule has 0 aromatic carbocycles. The number of nitrogens with one attached hydrogen (secondary N) is 1. The van der Waals surface area contributed by atoms with E-state index < -0.39 is 6.03 Å². The number of carbonyl (C=O) groups excluding carboxylic acids is 1. The lowest BCUT2D eigenvalue weighted by Gasteiger charge is -2.29. The Morgan fingerprint density at radius 3 is 2.76 bits per heavy atom. The molecule has 1 aliphatic carbocycles. The predicted molar refractivity (Wildman–Crippen MR) is 69.5 cm³/mol. The summed E-state index contributed by atoms with van der Waals surface area (Å²) in [7, 11) is 1.91. The van der Waals surface area contributed by atoms with Crippen LogP contribution in [0.4, 0.5) is 10.6 Å². The van der Waals surface area contributed by atoms with Gasteiger partial charge in [-0.3, -0.25) is 10.00 Å². The lowest BCUT2D eigenvalue weighted by atomic mass is 9.76. The fourth-order valence-corrected chi connectivity index (χ4v) is 2.34. The van der Waals surface area contributed by atoms with E-state index in [-0.39, 0.29) is 17.8 Å². The van der Waals surface area contributed by atoms with Gasteiger partial charge in [-0.2, -0.15) is 5.10 Å². The maximum atomic E-state index is 10.9. The first kappa shape index (κ1) is 13.8. The minimum absolute atomic E-state index is 0. The Balaban J connectivity index is 0.00000144. The Kier molecular flexibility index (Phi) is 3.71. The van der Waals surface area contributed by atoms with E-state index in [0.29, 0.717) is 5.82 Å². The molecule has 1 aliphatic rings. The second kappa shape index (κ2) is 4.56. The quantitative estimate of drug-likeness (QED) is 0.807. The number of urea groups is 1. The predicted octanol–water partition coefficient (Wildman–Crippen LogP) is 1.85. The Labute approximate surface area is 107 Å². The van der Waals surface area contributed by atoms with Crippen LogP contribution in [-0.2, 0) is 19.9 Å². The maximum Gasteiger partial charge on any atom is 0.317 e. The Morgan fingerprint density at radius 2 is 2.18 bits per heavy atom. The number of rotatable bonds is 1. The van der Waals surface area contributed by atoms with E-state index in [1.165, 1.54) is 5.69 Å². The number of primary amides is 1. The second-order valence-electron chi connectivity index (χ2n) is 5.23. The number of carbonyl (C=O) groups is 1. The van der Waals surface area contributed by atoms with E-state index >= 15 is 0 Å². The summed E-state index contributed by atoms with van der Waals surface area (Å²) in [6, 6.07) is -0.552. The molecule has 1 heterocycles. The average molecular weight is 259 g/mol. The van der Waals surface area contributed by atoms with E-state index in [4.69, 9.17) is 5.73 Å². The molecule has 5 nitrogen and oxygen atoms in total. The van der Waals surface area contributed by atoms with E-state index in [1.54, 1.807) is 0 Å². The largest absolute Gasteiger partial charge is 0.351 e. The first-order valence-corrected chi connectivity index (χ1v) is 5.50. The third-order valence-electron chi connectivity index (χ3n) is 3.21. The summed E-state index contributed by atoms with van der Waals surface area (Å²) in [6.07, 6.45) is 3.09. The summed E-state index contributed by atoms with van der Waals surface area (Å²) in [5.74, 6) is 0.623. The number of nitrogens with two attached hydrogens (primary N) is 1. The van der Waals surface area contributed by atoms with Gasteiger partial charge in [-0.25, -0.2) is 4.79 Å². The van der Waals surface area contributed by atoms with Gasteiger partial charge in [0.1, 0.15) is 0 Å². The van der Waals surface area contributed by atoms with Crippen molar-refractivity contribution >= 4 is 24.3 Å². The summed E-state index contributed by atoms with van der Waals surface area (Å²) < 4.78 is 1.84. The van der Waals surface area contributed by atoms with Crippen LogP contribution in [0.15, 0.2) is 0 Å². The molecule has 6 heteroatoms. The van der Waals surface area contributed by atoms with Gasteiger partial charge in [0.2, 0.25) is 0 Å². The maximum absolute atomic E-state index is 10.9. The number of aromatic nitrogens is 2. The van der Waals surface area contributed by atoms with Crippen molar-refractivity contribution in [2.75, 3.05) is 5.32 Å². The van der Waals surface area contributed by atoms with Gasteiger partial charge < -0.3 is 5.73 Å². The van der Waals surface area contributed by atoms with Gasteiger partial charge in [0.05, 0.1) is 0 Å². The Bertz CT molecular complexity index is 439. The molecule has 2 rings (SSSR count). The lowest BCUT2D eigenvalue weighted by Crippen LogP contribution is -2.25. The van der Waals surface area contributed by atoms with Gasteiger partial charge >= 0.3 is 6.03 Å². The van der Waals surface area contributed by atoms with Crippen LogP contribution in [0, 0.1) is 5.41 Å². The van der Waals surface area contributed by atoms with Crippen molar-refractivity contribution in [2.45, 2.75) is 33.1 Å². The molecule has 0 radical (unpaired) electrons. The SMILES string of the molecule is Cl.Cn1nc(NC(N)=O)c2c1CCC(C)(C)C2. The highest BCUT2D eigenvalue weighted by molar-refractivity contribution is 5.87. The van der Waals surface area contributed by atoms with E-state index in [1.807, 2.05) is 11.7 Å². The third kappa shape index (κ3) is 2.72. The van der Waals surface area contributed by atoms with E-state index in [9.17, 15) is 4.79 Å². The molecule has 0 fully saturated rings. The van der Waals surface area contributed by atoms with Crippen LogP contribution in [0.1, 0.15) is 31.5 Å². The van der Waals surface area contributed by atoms with Gasteiger partial charge in [0.25, 0.3) is 0 Å². The number of nitrogens with zero attached hydrogens (tertiary/aromatic N) is 2. The van der Waals surface area contributed by atoms with Gasteiger partial charge in [0.15, 0.2) is 5.82 Å². The van der Waals surface area contributed by atoms with Gasteiger partial charge in [-0.1, -0.05) is 13.8 Å². The van der Waals surface area contributed by atoms with Crippen molar-refractivity contribution in [3.63, 3.8) is 0 Å². The third-order valence-corrected chi connectivity index (χ3v) is 3.21. The summed E-state index contributed by atoms with van der Waals surface area (Å²) in [6.45, 7) is 4.47. The number of hydrogen-bond donors (Lipinski definition) is 2. The Hall–Kier alpha value is -1.23. The molecule has 0 bridgehead atoms. The number of fused-ring (bicyclic) bond motifs is 1. The van der Waals surface area contributed by atoms with Crippen LogP contribution in [0.25, 0.3) is 0 Å². The molecular formula is C11H19ClN4O. The van der Waals surface area contributed by atoms with Crippen LogP contribution < -0.4 is 11.1 Å². The van der Waals surface area contributed by atoms with Gasteiger partial charge in [-0.15, -0.1) is 12.4 Å². The first-order chi connectivity index (χ1) is 7.39. The van der Waals surface area contributed by atoms with Crippen molar-refractivity contribution in [2.24, 2.45) is 18.2 Å². The standard InChI is InChI=1S/C11H18N4O.ClH/c1-11(2)5-4-8-7(6-11)9(13-10(12)16)14-15(8)3;/h4-6H2,1-3H3,(H3,12,13,14,16);1H. The molecule has 2 amide bonds. The summed E-state index contributed by atoms with van der Waals surface area (Å²) in [5.41, 5.74) is 7.75. The van der Waals surface area contributed by atoms with Gasteiger partial charge in [-0.05, 0) is 24.7 Å². The van der Waals surface area contributed by atoms with Crippen LogP contribution >= 0.6 is 12.4 Å². The average Bonchev–Trinajstić information content (AvgIpc) is 2.40. The van der Waals surface area contributed by atoms with Crippen molar-refractivity contribution in [3.8, 4) is 0 Å². The molecular weight excluding hydrogens is 240 g/mol. The number of amides is 2. The lowest BCUT2D eigenvalue weighted by molar-refractivity contribution is 0.259. The second-order valence-corrected chi connectivity index (χ2v) is 5.23. The number of aryl methyl sites for hydroxylation is 1. The summed E-state index contributed by atoms with van der Waals surface area (Å²) in [4.78, 5) is 10.9. The normalized spacial score (nSPS) is 16.9. The smallest absolute Gasteiger partial charge is 0.317 e.